The van der Waals surface area contributed by atoms with Crippen molar-refractivity contribution in [2.45, 2.75) is 32.9 Å². The van der Waals surface area contributed by atoms with E-state index in [4.69, 9.17) is 5.90 Å². The number of rotatable bonds is 2. The molecule has 1 aromatic rings. The first kappa shape index (κ1) is 9.08. The maximum Gasteiger partial charge on any atom is 0.202 e. The average Bonchev–Trinajstić information content (AvgIpc) is 2.35. The summed E-state index contributed by atoms with van der Waals surface area (Å²) in [5, 5.41) is 11.7. The Morgan fingerprint density at radius 1 is 1.50 bits per heavy atom. The fourth-order valence-corrected chi connectivity index (χ4v) is 0.660. The molecule has 0 aliphatic rings. The van der Waals surface area contributed by atoms with Gasteiger partial charge in [-0.05, 0) is 26.0 Å². The molecule has 0 aromatic carbocycles. The van der Waals surface area contributed by atoms with Gasteiger partial charge in [0.2, 0.25) is 5.82 Å². The Kier molecular flexibility index (Phi) is 2.39. The largest absolute Gasteiger partial charge is 0.296 e. The summed E-state index contributed by atoms with van der Waals surface area (Å²) in [6.45, 7) is 6.15. The van der Waals surface area contributed by atoms with Crippen molar-refractivity contribution in [1.29, 1.82) is 0 Å². The smallest absolute Gasteiger partial charge is 0.202 e. The molecule has 1 aromatic heterocycles. The minimum absolute atomic E-state index is 0.153. The van der Waals surface area contributed by atoms with E-state index in [1.807, 2.05) is 20.8 Å². The zero-order chi connectivity index (χ0) is 9.19. The van der Waals surface area contributed by atoms with Crippen molar-refractivity contribution in [3.63, 3.8) is 0 Å². The van der Waals surface area contributed by atoms with Crippen LogP contribution in [0.3, 0.4) is 0 Å². The van der Waals surface area contributed by atoms with E-state index >= 15 is 0 Å². The van der Waals surface area contributed by atoms with Gasteiger partial charge in [-0.15, -0.1) is 10.2 Å². The highest BCUT2D eigenvalue weighted by atomic mass is 16.6. The summed E-state index contributed by atoms with van der Waals surface area (Å²) in [6.07, 6.45) is 0. The van der Waals surface area contributed by atoms with Crippen molar-refractivity contribution < 1.29 is 4.84 Å². The summed E-state index contributed by atoms with van der Waals surface area (Å²) in [6, 6.07) is 0. The highest BCUT2D eigenvalue weighted by Gasteiger charge is 2.16. The van der Waals surface area contributed by atoms with Crippen LogP contribution in [0.2, 0.25) is 0 Å². The maximum atomic E-state index is 4.86. The predicted octanol–water partition coefficient (Wildman–Crippen LogP) is -0.182. The fraction of sp³-hybridized carbons (Fsp3) is 0.833. The Morgan fingerprint density at radius 2 is 2.17 bits per heavy atom. The first-order valence-electron chi connectivity index (χ1n) is 3.65. The molecule has 6 heteroatoms. The van der Waals surface area contributed by atoms with Crippen LogP contribution in [0.4, 0.5) is 0 Å². The molecule has 0 saturated heterocycles. The van der Waals surface area contributed by atoms with Gasteiger partial charge in [-0.1, -0.05) is 0 Å². The first-order chi connectivity index (χ1) is 5.54. The van der Waals surface area contributed by atoms with Crippen LogP contribution in [0, 0.1) is 0 Å². The molecule has 0 atom stereocenters. The molecule has 12 heavy (non-hydrogen) atoms. The Morgan fingerprint density at radius 3 is 2.58 bits per heavy atom. The van der Waals surface area contributed by atoms with Gasteiger partial charge >= 0.3 is 0 Å². The molecule has 0 bridgehead atoms. The molecule has 0 saturated carbocycles. The molecule has 68 valence electrons. The standard InChI is InChI=1S/C6H13N5O/c1-6(2,3)11-9-5(4-12-7)8-10-11/h4,7H2,1-3H3. The minimum Gasteiger partial charge on any atom is -0.296 e. The summed E-state index contributed by atoms with van der Waals surface area (Å²) in [4.78, 5) is 5.90. The van der Waals surface area contributed by atoms with Gasteiger partial charge in [0, 0.05) is 0 Å². The lowest BCUT2D eigenvalue weighted by Gasteiger charge is -2.15. The number of nitrogens with zero attached hydrogens (tertiary/aromatic N) is 4. The van der Waals surface area contributed by atoms with E-state index < -0.39 is 0 Å². The van der Waals surface area contributed by atoms with Gasteiger partial charge in [0.05, 0.1) is 5.54 Å². The van der Waals surface area contributed by atoms with Crippen LogP contribution >= 0.6 is 0 Å². The zero-order valence-electron chi connectivity index (χ0n) is 7.48. The van der Waals surface area contributed by atoms with E-state index in [9.17, 15) is 0 Å². The van der Waals surface area contributed by atoms with E-state index in [0.717, 1.165) is 0 Å². The average molecular weight is 171 g/mol. The van der Waals surface area contributed by atoms with Gasteiger partial charge in [0.15, 0.2) is 0 Å². The van der Waals surface area contributed by atoms with Gasteiger partial charge in [-0.3, -0.25) is 4.84 Å². The molecule has 1 rings (SSSR count). The molecule has 0 aliphatic carbocycles. The molecule has 0 radical (unpaired) electrons. The van der Waals surface area contributed by atoms with Crippen LogP contribution in [0.25, 0.3) is 0 Å². The third-order valence-corrected chi connectivity index (χ3v) is 1.27. The molecular formula is C6H13N5O. The summed E-state index contributed by atoms with van der Waals surface area (Å²) < 4.78 is 0. The monoisotopic (exact) mass is 171 g/mol. The molecule has 6 nitrogen and oxygen atoms in total. The number of aromatic nitrogens is 4. The first-order valence-corrected chi connectivity index (χ1v) is 3.65. The van der Waals surface area contributed by atoms with Crippen LogP contribution < -0.4 is 5.90 Å². The Hall–Kier alpha value is -1.01. The molecule has 0 unspecified atom stereocenters. The van der Waals surface area contributed by atoms with E-state index in [1.165, 1.54) is 4.80 Å². The van der Waals surface area contributed by atoms with Gasteiger partial charge < -0.3 is 0 Å². The van der Waals surface area contributed by atoms with Crippen molar-refractivity contribution in [3.05, 3.63) is 5.82 Å². The van der Waals surface area contributed by atoms with Crippen molar-refractivity contribution in [2.75, 3.05) is 0 Å². The maximum absolute atomic E-state index is 4.86. The van der Waals surface area contributed by atoms with Gasteiger partial charge in [-0.25, -0.2) is 5.90 Å². The van der Waals surface area contributed by atoms with Crippen molar-refractivity contribution >= 4 is 0 Å². The second-order valence-corrected chi connectivity index (χ2v) is 3.48. The summed E-state index contributed by atoms with van der Waals surface area (Å²) in [5.41, 5.74) is -0.153. The van der Waals surface area contributed by atoms with E-state index in [0.29, 0.717) is 5.82 Å². The Bertz CT molecular complexity index is 251. The quantitative estimate of drug-likeness (QED) is 0.624. The Balaban J connectivity index is 2.77. The molecule has 2 N–H and O–H groups in total. The highest BCUT2D eigenvalue weighted by Crippen LogP contribution is 2.08. The van der Waals surface area contributed by atoms with Crippen LogP contribution in [-0.4, -0.2) is 20.2 Å². The molecule has 1 heterocycles. The van der Waals surface area contributed by atoms with E-state index in [2.05, 4.69) is 20.2 Å². The summed E-state index contributed by atoms with van der Waals surface area (Å²) >= 11 is 0. The SMILES string of the molecule is CC(C)(C)n1nnc(CON)n1. The number of hydrogen-bond acceptors (Lipinski definition) is 5. The zero-order valence-corrected chi connectivity index (χ0v) is 7.48. The minimum atomic E-state index is -0.153. The Labute approximate surface area is 70.6 Å². The summed E-state index contributed by atoms with van der Waals surface area (Å²) in [5.74, 6) is 5.35. The third kappa shape index (κ3) is 1.99. The number of tetrazole rings is 1. The molecule has 0 fully saturated rings. The molecular weight excluding hydrogens is 158 g/mol. The van der Waals surface area contributed by atoms with Crippen LogP contribution in [0.1, 0.15) is 26.6 Å². The number of hydrogen-bond donors (Lipinski definition) is 1. The molecule has 0 spiro atoms. The van der Waals surface area contributed by atoms with Crippen LogP contribution in [0.5, 0.6) is 0 Å². The normalized spacial score (nSPS) is 12.0. The fourth-order valence-electron chi connectivity index (χ4n) is 0.660. The van der Waals surface area contributed by atoms with E-state index in [1.54, 1.807) is 0 Å². The highest BCUT2D eigenvalue weighted by molar-refractivity contribution is 4.75. The molecule has 0 amide bonds. The molecule has 0 aliphatic heterocycles. The number of nitrogens with two attached hydrogens (primary N) is 1. The lowest BCUT2D eigenvalue weighted by molar-refractivity contribution is 0.117. The second-order valence-electron chi connectivity index (χ2n) is 3.48. The lowest BCUT2D eigenvalue weighted by Crippen LogP contribution is -2.24. The predicted molar refractivity (Wildman–Crippen MR) is 41.8 cm³/mol. The lowest BCUT2D eigenvalue weighted by atomic mass is 10.1. The van der Waals surface area contributed by atoms with Crippen LogP contribution in [0.15, 0.2) is 0 Å². The second kappa shape index (κ2) is 3.16. The third-order valence-electron chi connectivity index (χ3n) is 1.27. The van der Waals surface area contributed by atoms with Gasteiger partial charge in [0.1, 0.15) is 6.61 Å². The van der Waals surface area contributed by atoms with Gasteiger partial charge in [-0.2, -0.15) is 4.80 Å². The van der Waals surface area contributed by atoms with Crippen LogP contribution in [-0.2, 0) is 17.0 Å². The van der Waals surface area contributed by atoms with Gasteiger partial charge in [0.25, 0.3) is 0 Å². The van der Waals surface area contributed by atoms with Crippen molar-refractivity contribution in [3.8, 4) is 0 Å². The van der Waals surface area contributed by atoms with Crippen molar-refractivity contribution in [2.24, 2.45) is 5.90 Å². The summed E-state index contributed by atoms with van der Waals surface area (Å²) in [7, 11) is 0. The van der Waals surface area contributed by atoms with E-state index in [-0.39, 0.29) is 12.1 Å². The van der Waals surface area contributed by atoms with Crippen molar-refractivity contribution in [1.82, 2.24) is 20.2 Å². The topological polar surface area (TPSA) is 78.8 Å².